The summed E-state index contributed by atoms with van der Waals surface area (Å²) >= 11 is 0. The molecular formula is C12H22N4O4. The average Bonchev–Trinajstić information content (AvgIpc) is 2.67. The zero-order valence-electron chi connectivity index (χ0n) is 12.5. The summed E-state index contributed by atoms with van der Waals surface area (Å²) in [6, 6.07) is 0. The van der Waals surface area contributed by atoms with Gasteiger partial charge in [-0.3, -0.25) is 10.1 Å². The number of nitrogens with zero attached hydrogens (tertiary/aromatic N) is 4. The topological polar surface area (TPSA) is 93.7 Å². The largest absolute Gasteiger partial charge is 0.389 e. The van der Waals surface area contributed by atoms with E-state index in [0.29, 0.717) is 11.5 Å². The van der Waals surface area contributed by atoms with E-state index in [9.17, 15) is 15.2 Å². The average molecular weight is 286 g/mol. The van der Waals surface area contributed by atoms with Gasteiger partial charge in [-0.15, -0.1) is 0 Å². The quantitative estimate of drug-likeness (QED) is 0.591. The van der Waals surface area contributed by atoms with Crippen molar-refractivity contribution < 1.29 is 14.8 Å². The molecule has 20 heavy (non-hydrogen) atoms. The number of rotatable bonds is 7. The number of aliphatic hydroxyl groups excluding tert-OH is 1. The summed E-state index contributed by atoms with van der Waals surface area (Å²) in [4.78, 5) is 12.5. The molecular weight excluding hydrogens is 264 g/mol. The van der Waals surface area contributed by atoms with Gasteiger partial charge in [0, 0.05) is 33.7 Å². The van der Waals surface area contributed by atoms with Crippen LogP contribution in [0.1, 0.15) is 25.5 Å². The van der Waals surface area contributed by atoms with Gasteiger partial charge in [0.05, 0.1) is 17.6 Å². The van der Waals surface area contributed by atoms with E-state index >= 15 is 0 Å². The molecule has 0 spiro atoms. The highest BCUT2D eigenvalue weighted by Crippen LogP contribution is 2.34. The summed E-state index contributed by atoms with van der Waals surface area (Å²) in [5.41, 5.74) is 0.440. The number of ether oxygens (including phenoxy) is 1. The first kappa shape index (κ1) is 16.4. The molecule has 0 bridgehead atoms. The highest BCUT2D eigenvalue weighted by Gasteiger charge is 2.31. The van der Waals surface area contributed by atoms with Crippen molar-refractivity contribution in [1.82, 2.24) is 9.78 Å². The first-order valence-electron chi connectivity index (χ1n) is 6.39. The van der Waals surface area contributed by atoms with Crippen LogP contribution in [0, 0.1) is 10.1 Å². The van der Waals surface area contributed by atoms with Crippen LogP contribution in [0.2, 0.25) is 0 Å². The number of nitro groups is 1. The fourth-order valence-electron chi connectivity index (χ4n) is 2.16. The molecule has 1 unspecified atom stereocenters. The molecule has 1 rings (SSSR count). The Hall–Kier alpha value is -1.67. The molecule has 114 valence electrons. The third-order valence-corrected chi connectivity index (χ3v) is 2.95. The van der Waals surface area contributed by atoms with Crippen LogP contribution in [0.15, 0.2) is 0 Å². The second-order valence-corrected chi connectivity index (χ2v) is 5.08. The fourth-order valence-corrected chi connectivity index (χ4v) is 2.16. The molecule has 0 aliphatic heterocycles. The summed E-state index contributed by atoms with van der Waals surface area (Å²) in [6.07, 6.45) is -0.720. The summed E-state index contributed by atoms with van der Waals surface area (Å²) in [5.74, 6) is 0.335. The number of aryl methyl sites for hydroxylation is 1. The van der Waals surface area contributed by atoms with Crippen LogP contribution in [-0.4, -0.2) is 53.2 Å². The van der Waals surface area contributed by atoms with Gasteiger partial charge in [0.25, 0.3) is 0 Å². The Kier molecular flexibility index (Phi) is 5.46. The minimum absolute atomic E-state index is 0.00498. The van der Waals surface area contributed by atoms with Gasteiger partial charge in [0.15, 0.2) is 0 Å². The van der Waals surface area contributed by atoms with Crippen molar-refractivity contribution in [1.29, 1.82) is 0 Å². The predicted molar refractivity (Wildman–Crippen MR) is 75.1 cm³/mol. The molecule has 0 aliphatic rings. The Labute approximate surface area is 118 Å². The molecule has 0 radical (unpaired) electrons. The SMILES string of the molecule is COCC(O)CN(C)c1c([N+](=O)[O-])c(C(C)C)nn1C. The van der Waals surface area contributed by atoms with Gasteiger partial charge in [0.1, 0.15) is 5.69 Å². The van der Waals surface area contributed by atoms with Crippen LogP contribution in [0.3, 0.4) is 0 Å². The van der Waals surface area contributed by atoms with Crippen LogP contribution >= 0.6 is 0 Å². The number of hydrogen-bond donors (Lipinski definition) is 1. The molecule has 1 heterocycles. The molecule has 0 aromatic carbocycles. The van der Waals surface area contributed by atoms with E-state index in [1.165, 1.54) is 11.8 Å². The van der Waals surface area contributed by atoms with E-state index in [4.69, 9.17) is 4.74 Å². The normalized spacial score (nSPS) is 12.8. The second-order valence-electron chi connectivity index (χ2n) is 5.08. The maximum Gasteiger partial charge on any atom is 0.334 e. The molecule has 1 aromatic heterocycles. The Morgan fingerprint density at radius 3 is 2.60 bits per heavy atom. The molecule has 1 atom stereocenters. The maximum atomic E-state index is 11.3. The molecule has 0 saturated heterocycles. The molecule has 0 amide bonds. The Morgan fingerprint density at radius 1 is 1.55 bits per heavy atom. The van der Waals surface area contributed by atoms with Gasteiger partial charge in [-0.05, 0) is 0 Å². The van der Waals surface area contributed by atoms with Crippen molar-refractivity contribution in [2.75, 3.05) is 32.2 Å². The molecule has 1 N–H and O–H groups in total. The number of anilines is 1. The first-order valence-corrected chi connectivity index (χ1v) is 6.39. The highest BCUT2D eigenvalue weighted by atomic mass is 16.6. The third kappa shape index (κ3) is 3.45. The van der Waals surface area contributed by atoms with Gasteiger partial charge < -0.3 is 14.7 Å². The molecule has 1 aromatic rings. The van der Waals surface area contributed by atoms with Crippen LogP contribution in [0.5, 0.6) is 0 Å². The van der Waals surface area contributed by atoms with Crippen molar-refractivity contribution in [3.63, 3.8) is 0 Å². The summed E-state index contributed by atoms with van der Waals surface area (Å²) in [6.45, 7) is 4.12. The summed E-state index contributed by atoms with van der Waals surface area (Å²) < 4.78 is 6.34. The lowest BCUT2D eigenvalue weighted by molar-refractivity contribution is -0.385. The predicted octanol–water partition coefficient (Wildman–Crippen LogP) is 0.895. The van der Waals surface area contributed by atoms with E-state index < -0.39 is 11.0 Å². The smallest absolute Gasteiger partial charge is 0.334 e. The number of aromatic nitrogens is 2. The summed E-state index contributed by atoms with van der Waals surface area (Å²) in [7, 11) is 4.84. The van der Waals surface area contributed by atoms with Crippen molar-refractivity contribution in [2.24, 2.45) is 7.05 Å². The highest BCUT2D eigenvalue weighted by molar-refractivity contribution is 5.62. The van der Waals surface area contributed by atoms with Crippen LogP contribution in [-0.2, 0) is 11.8 Å². The van der Waals surface area contributed by atoms with E-state index in [0.717, 1.165) is 0 Å². The van der Waals surface area contributed by atoms with E-state index in [2.05, 4.69) is 5.10 Å². The first-order chi connectivity index (χ1) is 9.29. The minimum Gasteiger partial charge on any atom is -0.389 e. The maximum absolute atomic E-state index is 11.3. The van der Waals surface area contributed by atoms with Crippen LogP contribution < -0.4 is 4.90 Å². The van der Waals surface area contributed by atoms with Crippen molar-refractivity contribution in [3.05, 3.63) is 15.8 Å². The van der Waals surface area contributed by atoms with Crippen LogP contribution in [0.25, 0.3) is 0 Å². The lowest BCUT2D eigenvalue weighted by Gasteiger charge is -2.21. The molecule has 8 heteroatoms. The monoisotopic (exact) mass is 286 g/mol. The lowest BCUT2D eigenvalue weighted by Crippen LogP contribution is -2.33. The van der Waals surface area contributed by atoms with Crippen molar-refractivity contribution in [2.45, 2.75) is 25.9 Å². The fraction of sp³-hybridized carbons (Fsp3) is 0.750. The number of methoxy groups -OCH3 is 1. The lowest BCUT2D eigenvalue weighted by atomic mass is 10.1. The van der Waals surface area contributed by atoms with E-state index in [1.54, 1.807) is 19.0 Å². The number of likely N-dealkylation sites (N-methyl/N-ethyl adjacent to an activating group) is 1. The van der Waals surface area contributed by atoms with Gasteiger partial charge in [-0.2, -0.15) is 5.10 Å². The zero-order valence-corrected chi connectivity index (χ0v) is 12.5. The Balaban J connectivity index is 3.13. The second kappa shape index (κ2) is 6.67. The van der Waals surface area contributed by atoms with E-state index in [1.807, 2.05) is 13.8 Å². The van der Waals surface area contributed by atoms with Crippen molar-refractivity contribution >= 4 is 11.5 Å². The van der Waals surface area contributed by atoms with Gasteiger partial charge in [-0.1, -0.05) is 13.8 Å². The Bertz CT molecular complexity index is 472. The standard InChI is InChI=1S/C12H22N4O4/c1-8(2)10-11(16(18)19)12(15(4)13-10)14(3)6-9(17)7-20-5/h8-9,17H,6-7H2,1-5H3. The number of aliphatic hydroxyl groups is 1. The summed E-state index contributed by atoms with van der Waals surface area (Å²) in [5, 5.41) is 25.3. The zero-order chi connectivity index (χ0) is 15.4. The number of hydrogen-bond acceptors (Lipinski definition) is 6. The van der Waals surface area contributed by atoms with Crippen LogP contribution in [0.4, 0.5) is 11.5 Å². The molecule has 0 saturated carbocycles. The molecule has 8 nitrogen and oxygen atoms in total. The van der Waals surface area contributed by atoms with Gasteiger partial charge in [0.2, 0.25) is 5.82 Å². The minimum atomic E-state index is -0.720. The van der Waals surface area contributed by atoms with E-state index in [-0.39, 0.29) is 24.8 Å². The van der Waals surface area contributed by atoms with Crippen molar-refractivity contribution in [3.8, 4) is 0 Å². The Morgan fingerprint density at radius 2 is 2.15 bits per heavy atom. The third-order valence-electron chi connectivity index (χ3n) is 2.95. The molecule has 0 aliphatic carbocycles. The molecule has 0 fully saturated rings. The van der Waals surface area contributed by atoms with Gasteiger partial charge in [-0.25, -0.2) is 4.68 Å². The van der Waals surface area contributed by atoms with Gasteiger partial charge >= 0.3 is 5.69 Å².